The van der Waals surface area contributed by atoms with E-state index in [4.69, 9.17) is 0 Å². The Morgan fingerprint density at radius 3 is 2.05 bits per heavy atom. The van der Waals surface area contributed by atoms with Gasteiger partial charge in [0.15, 0.2) is 9.84 Å². The van der Waals surface area contributed by atoms with Crippen molar-refractivity contribution < 1.29 is 8.42 Å². The van der Waals surface area contributed by atoms with Gasteiger partial charge in [-0.25, -0.2) is 8.42 Å². The molecular weight excluding hydrogens is 282 g/mol. The standard InChI is InChI=1S/C17H29NO2S/c1-7-12(2)10-21(19,20)11-16(18-6)17-14(4)8-13(3)9-15(17)5/h8-9,12,16,18H,7,10-11H2,1-6H3. The van der Waals surface area contributed by atoms with Crippen molar-refractivity contribution >= 4 is 9.84 Å². The fraction of sp³-hybridized carbons (Fsp3) is 0.647. The molecule has 2 atom stereocenters. The summed E-state index contributed by atoms with van der Waals surface area (Å²) in [5, 5.41) is 3.19. The normalized spacial score (nSPS) is 15.0. The van der Waals surface area contributed by atoms with Crippen LogP contribution >= 0.6 is 0 Å². The second-order valence-electron chi connectivity index (χ2n) is 6.24. The van der Waals surface area contributed by atoms with Crippen LogP contribution in [0.15, 0.2) is 12.1 Å². The van der Waals surface area contributed by atoms with E-state index in [-0.39, 0.29) is 23.5 Å². The van der Waals surface area contributed by atoms with Gasteiger partial charge >= 0.3 is 0 Å². The minimum Gasteiger partial charge on any atom is -0.312 e. The molecule has 21 heavy (non-hydrogen) atoms. The van der Waals surface area contributed by atoms with E-state index < -0.39 is 9.84 Å². The van der Waals surface area contributed by atoms with Crippen LogP contribution in [-0.4, -0.2) is 27.0 Å². The Kier molecular flexibility index (Phi) is 6.41. The number of hydrogen-bond donors (Lipinski definition) is 1. The summed E-state index contributed by atoms with van der Waals surface area (Å²) < 4.78 is 24.8. The lowest BCUT2D eigenvalue weighted by Gasteiger charge is -2.22. The van der Waals surface area contributed by atoms with E-state index in [0.29, 0.717) is 0 Å². The molecule has 0 radical (unpaired) electrons. The topological polar surface area (TPSA) is 46.2 Å². The Morgan fingerprint density at radius 2 is 1.62 bits per heavy atom. The molecule has 0 aliphatic rings. The van der Waals surface area contributed by atoms with Crippen LogP contribution in [0, 0.1) is 26.7 Å². The molecule has 0 amide bonds. The van der Waals surface area contributed by atoms with Crippen LogP contribution in [0.3, 0.4) is 0 Å². The van der Waals surface area contributed by atoms with Crippen molar-refractivity contribution in [3.8, 4) is 0 Å². The lowest BCUT2D eigenvalue weighted by atomic mass is 9.95. The molecule has 0 aromatic heterocycles. The molecule has 1 N–H and O–H groups in total. The number of rotatable bonds is 7. The van der Waals surface area contributed by atoms with Crippen LogP contribution in [0.4, 0.5) is 0 Å². The smallest absolute Gasteiger partial charge is 0.152 e. The third-order valence-electron chi connectivity index (χ3n) is 4.09. The molecule has 3 nitrogen and oxygen atoms in total. The molecule has 0 spiro atoms. The second-order valence-corrected chi connectivity index (χ2v) is 8.40. The van der Waals surface area contributed by atoms with Gasteiger partial charge in [-0.1, -0.05) is 38.0 Å². The van der Waals surface area contributed by atoms with Crippen molar-refractivity contribution in [2.75, 3.05) is 18.6 Å². The maximum absolute atomic E-state index is 12.4. The van der Waals surface area contributed by atoms with E-state index in [2.05, 4.69) is 38.2 Å². The summed E-state index contributed by atoms with van der Waals surface area (Å²) in [7, 11) is -1.22. The van der Waals surface area contributed by atoms with Crippen LogP contribution in [-0.2, 0) is 9.84 Å². The van der Waals surface area contributed by atoms with Crippen molar-refractivity contribution in [2.24, 2.45) is 5.92 Å². The minimum absolute atomic E-state index is 0.139. The summed E-state index contributed by atoms with van der Waals surface area (Å²) in [5.41, 5.74) is 4.65. The van der Waals surface area contributed by atoms with Gasteiger partial charge in [0.05, 0.1) is 11.5 Å². The molecule has 2 unspecified atom stereocenters. The van der Waals surface area contributed by atoms with Crippen LogP contribution < -0.4 is 5.32 Å². The number of sulfone groups is 1. The summed E-state index contributed by atoms with van der Waals surface area (Å²) in [6.45, 7) is 10.2. The SMILES string of the molecule is CCC(C)CS(=O)(=O)CC(NC)c1c(C)cc(C)cc1C. The zero-order chi connectivity index (χ0) is 16.2. The van der Waals surface area contributed by atoms with E-state index in [1.165, 1.54) is 5.56 Å². The van der Waals surface area contributed by atoms with Crippen LogP contribution in [0.25, 0.3) is 0 Å². The number of benzene rings is 1. The number of aryl methyl sites for hydroxylation is 3. The van der Waals surface area contributed by atoms with Crippen molar-refractivity contribution in [2.45, 2.75) is 47.1 Å². The first-order chi connectivity index (χ1) is 9.70. The summed E-state index contributed by atoms with van der Waals surface area (Å²) in [4.78, 5) is 0. The molecular formula is C17H29NO2S. The first-order valence-corrected chi connectivity index (χ1v) is 9.47. The summed E-state index contributed by atoms with van der Waals surface area (Å²) in [5.74, 6) is 0.650. The summed E-state index contributed by atoms with van der Waals surface area (Å²) in [6.07, 6.45) is 0.895. The fourth-order valence-electron chi connectivity index (χ4n) is 2.93. The molecule has 0 fully saturated rings. The Labute approximate surface area is 130 Å². The lowest BCUT2D eigenvalue weighted by Crippen LogP contribution is -2.29. The van der Waals surface area contributed by atoms with Crippen LogP contribution in [0.5, 0.6) is 0 Å². The fourth-order valence-corrected chi connectivity index (χ4v) is 5.01. The zero-order valence-electron chi connectivity index (χ0n) is 14.2. The predicted octanol–water partition coefficient (Wildman–Crippen LogP) is 3.33. The Hall–Kier alpha value is -0.870. The number of nitrogens with one attached hydrogen (secondary N) is 1. The Morgan fingerprint density at radius 1 is 1.10 bits per heavy atom. The highest BCUT2D eigenvalue weighted by Crippen LogP contribution is 2.25. The molecule has 4 heteroatoms. The molecule has 0 bridgehead atoms. The lowest BCUT2D eigenvalue weighted by molar-refractivity contribution is 0.549. The van der Waals surface area contributed by atoms with E-state index in [1.807, 2.05) is 20.9 Å². The number of hydrogen-bond acceptors (Lipinski definition) is 3. The van der Waals surface area contributed by atoms with Crippen LogP contribution in [0.2, 0.25) is 0 Å². The van der Waals surface area contributed by atoms with Crippen molar-refractivity contribution in [1.82, 2.24) is 5.32 Å². The van der Waals surface area contributed by atoms with Crippen molar-refractivity contribution in [3.63, 3.8) is 0 Å². The van der Waals surface area contributed by atoms with Gasteiger partial charge in [0.25, 0.3) is 0 Å². The predicted molar refractivity (Wildman–Crippen MR) is 90.6 cm³/mol. The molecule has 0 aliphatic heterocycles. The average molecular weight is 311 g/mol. The van der Waals surface area contributed by atoms with Gasteiger partial charge in [-0.2, -0.15) is 0 Å². The highest BCUT2D eigenvalue weighted by atomic mass is 32.2. The first kappa shape index (κ1) is 18.2. The highest BCUT2D eigenvalue weighted by molar-refractivity contribution is 7.91. The highest BCUT2D eigenvalue weighted by Gasteiger charge is 2.23. The summed E-state index contributed by atoms with van der Waals surface area (Å²) >= 11 is 0. The third-order valence-corrected chi connectivity index (χ3v) is 6.01. The largest absolute Gasteiger partial charge is 0.312 e. The van der Waals surface area contributed by atoms with Crippen molar-refractivity contribution in [1.29, 1.82) is 0 Å². The molecule has 1 aromatic carbocycles. The maximum atomic E-state index is 12.4. The van der Waals surface area contributed by atoms with Crippen molar-refractivity contribution in [3.05, 3.63) is 34.4 Å². The van der Waals surface area contributed by atoms with Gasteiger partial charge in [0.1, 0.15) is 0 Å². The first-order valence-electron chi connectivity index (χ1n) is 7.65. The van der Waals surface area contributed by atoms with E-state index in [9.17, 15) is 8.42 Å². The van der Waals surface area contributed by atoms with Gasteiger partial charge in [0, 0.05) is 6.04 Å². The molecule has 0 saturated heterocycles. The molecule has 1 aromatic rings. The minimum atomic E-state index is -3.06. The molecule has 120 valence electrons. The summed E-state index contributed by atoms with van der Waals surface area (Å²) in [6, 6.07) is 4.10. The van der Waals surface area contributed by atoms with E-state index in [0.717, 1.165) is 23.1 Å². The second kappa shape index (κ2) is 7.41. The molecule has 0 aliphatic carbocycles. The van der Waals surface area contributed by atoms with Gasteiger partial charge < -0.3 is 5.32 Å². The average Bonchev–Trinajstić information content (AvgIpc) is 2.35. The Balaban J connectivity index is 3.05. The van der Waals surface area contributed by atoms with Gasteiger partial charge in [-0.05, 0) is 50.4 Å². The molecule has 0 heterocycles. The monoisotopic (exact) mass is 311 g/mol. The van der Waals surface area contributed by atoms with E-state index in [1.54, 1.807) is 0 Å². The van der Waals surface area contributed by atoms with Crippen LogP contribution in [0.1, 0.15) is 48.6 Å². The maximum Gasteiger partial charge on any atom is 0.152 e. The zero-order valence-corrected chi connectivity index (χ0v) is 15.0. The molecule has 0 saturated carbocycles. The quantitative estimate of drug-likeness (QED) is 0.840. The van der Waals surface area contributed by atoms with Gasteiger partial charge in [0.2, 0.25) is 0 Å². The third kappa shape index (κ3) is 5.11. The Bertz CT molecular complexity index is 555. The van der Waals surface area contributed by atoms with Gasteiger partial charge in [-0.15, -0.1) is 0 Å². The van der Waals surface area contributed by atoms with E-state index >= 15 is 0 Å². The molecule has 1 rings (SSSR count). The van der Waals surface area contributed by atoms with Gasteiger partial charge in [-0.3, -0.25) is 0 Å².